The lowest BCUT2D eigenvalue weighted by molar-refractivity contribution is -0.139. The largest absolute Gasteiger partial charge is 0.496 e. The number of unbranched alkanes of at least 4 members (excludes halogenated alkanes) is 1. The van der Waals surface area contributed by atoms with Crippen molar-refractivity contribution in [2.45, 2.75) is 57.4 Å². The molecule has 226 valence electrons. The van der Waals surface area contributed by atoms with E-state index >= 15 is 0 Å². The number of nitrogens with one attached hydrogen (secondary N) is 1. The summed E-state index contributed by atoms with van der Waals surface area (Å²) in [4.78, 5) is 28.9. The van der Waals surface area contributed by atoms with Gasteiger partial charge in [0.15, 0.2) is 0 Å². The summed E-state index contributed by atoms with van der Waals surface area (Å²) >= 11 is 3.37. The highest BCUT2D eigenvalue weighted by molar-refractivity contribution is 9.10. The lowest BCUT2D eigenvalue weighted by Crippen LogP contribution is -2.53. The van der Waals surface area contributed by atoms with E-state index in [-0.39, 0.29) is 17.3 Å². The Morgan fingerprint density at radius 3 is 2.29 bits per heavy atom. The van der Waals surface area contributed by atoms with Gasteiger partial charge in [0.1, 0.15) is 18.3 Å². The Hall–Kier alpha value is -3.37. The number of nitrogens with zero attached hydrogens (tertiary/aromatic N) is 2. The van der Waals surface area contributed by atoms with Crippen molar-refractivity contribution in [3.05, 3.63) is 88.4 Å². The molecule has 42 heavy (non-hydrogen) atoms. The third kappa shape index (κ3) is 8.58. The van der Waals surface area contributed by atoms with E-state index in [1.54, 1.807) is 30.3 Å². The summed E-state index contributed by atoms with van der Waals surface area (Å²) < 4.78 is 35.0. The van der Waals surface area contributed by atoms with Crippen LogP contribution in [0.4, 0.5) is 5.69 Å². The van der Waals surface area contributed by atoms with Crippen LogP contribution in [0.1, 0.15) is 44.2 Å². The summed E-state index contributed by atoms with van der Waals surface area (Å²) in [5, 5.41) is 2.95. The van der Waals surface area contributed by atoms with Crippen LogP contribution in [0.25, 0.3) is 0 Å². The molecule has 0 radical (unpaired) electrons. The van der Waals surface area contributed by atoms with Gasteiger partial charge in [0.05, 0.1) is 22.2 Å². The number of sulfonamides is 1. The van der Waals surface area contributed by atoms with Crippen LogP contribution in [0.15, 0.2) is 82.2 Å². The number of aryl methyl sites for hydroxylation is 1. The molecule has 0 unspecified atom stereocenters. The van der Waals surface area contributed by atoms with Gasteiger partial charge < -0.3 is 15.0 Å². The van der Waals surface area contributed by atoms with Crippen LogP contribution in [-0.2, 0) is 26.0 Å². The molecule has 0 aromatic heterocycles. The van der Waals surface area contributed by atoms with Crippen LogP contribution >= 0.6 is 15.9 Å². The molecular weight excluding hydrogens is 618 g/mol. The average molecular weight is 659 g/mol. The Kier molecular flexibility index (Phi) is 12.4. The zero-order valence-electron chi connectivity index (χ0n) is 24.7. The number of benzene rings is 3. The number of halogens is 1. The van der Waals surface area contributed by atoms with Crippen molar-refractivity contribution in [1.82, 2.24) is 10.2 Å². The molecule has 0 fully saturated rings. The van der Waals surface area contributed by atoms with E-state index in [4.69, 9.17) is 4.74 Å². The van der Waals surface area contributed by atoms with Crippen molar-refractivity contribution >= 4 is 43.5 Å². The summed E-state index contributed by atoms with van der Waals surface area (Å²) in [5.74, 6) is -0.213. The lowest BCUT2D eigenvalue weighted by atomic mass is 10.1. The minimum atomic E-state index is -4.18. The van der Waals surface area contributed by atoms with E-state index < -0.39 is 28.5 Å². The van der Waals surface area contributed by atoms with Gasteiger partial charge in [-0.25, -0.2) is 8.42 Å². The molecule has 1 atom stereocenters. The minimum absolute atomic E-state index is 0.00346. The Bertz CT molecular complexity index is 1430. The SMILES string of the molecule is CCCCNC(=O)[C@H](CC)N(CCc1ccccc1)C(=O)CN(c1ccc(C)cc1)S(=O)(=O)c1ccc(OC)c(Br)c1. The fourth-order valence-corrected chi connectivity index (χ4v) is 6.71. The quantitative estimate of drug-likeness (QED) is 0.211. The smallest absolute Gasteiger partial charge is 0.264 e. The summed E-state index contributed by atoms with van der Waals surface area (Å²) in [5.41, 5.74) is 2.32. The first-order valence-corrected chi connectivity index (χ1v) is 16.4. The van der Waals surface area contributed by atoms with Crippen molar-refractivity contribution in [3.63, 3.8) is 0 Å². The predicted octanol–water partition coefficient (Wildman–Crippen LogP) is 5.73. The molecule has 1 N–H and O–H groups in total. The zero-order valence-corrected chi connectivity index (χ0v) is 27.1. The van der Waals surface area contributed by atoms with Crippen LogP contribution in [0.5, 0.6) is 5.75 Å². The maximum Gasteiger partial charge on any atom is 0.264 e. The molecule has 0 spiro atoms. The predicted molar refractivity (Wildman–Crippen MR) is 170 cm³/mol. The third-order valence-electron chi connectivity index (χ3n) is 7.01. The maximum absolute atomic E-state index is 14.1. The van der Waals surface area contributed by atoms with Crippen molar-refractivity contribution < 1.29 is 22.7 Å². The number of ether oxygens (including phenoxy) is 1. The second-order valence-electron chi connectivity index (χ2n) is 10.0. The van der Waals surface area contributed by atoms with Gasteiger partial charge in [-0.3, -0.25) is 13.9 Å². The van der Waals surface area contributed by atoms with Crippen LogP contribution in [0, 0.1) is 6.92 Å². The topological polar surface area (TPSA) is 96.0 Å². The molecular formula is C32H40BrN3O5S. The fourth-order valence-electron chi connectivity index (χ4n) is 4.58. The van der Waals surface area contributed by atoms with Gasteiger partial charge >= 0.3 is 0 Å². The van der Waals surface area contributed by atoms with E-state index in [0.29, 0.717) is 35.3 Å². The highest BCUT2D eigenvalue weighted by Gasteiger charge is 2.33. The van der Waals surface area contributed by atoms with Gasteiger partial charge in [0.2, 0.25) is 11.8 Å². The molecule has 3 aromatic rings. The molecule has 0 heterocycles. The molecule has 8 nitrogen and oxygen atoms in total. The van der Waals surface area contributed by atoms with Gasteiger partial charge in [-0.05, 0) is 78.0 Å². The first-order valence-electron chi connectivity index (χ1n) is 14.2. The molecule has 0 saturated carbocycles. The first kappa shape index (κ1) is 33.1. The number of amides is 2. The zero-order chi connectivity index (χ0) is 30.7. The number of methoxy groups -OCH3 is 1. The molecule has 3 aromatic carbocycles. The second kappa shape index (κ2) is 15.7. The van der Waals surface area contributed by atoms with Crippen LogP contribution in [0.2, 0.25) is 0 Å². The summed E-state index contributed by atoms with van der Waals surface area (Å²) in [6.07, 6.45) is 2.67. The molecule has 0 aliphatic heterocycles. The molecule has 0 saturated heterocycles. The third-order valence-corrected chi connectivity index (χ3v) is 9.40. The van der Waals surface area contributed by atoms with Gasteiger partial charge in [-0.1, -0.05) is 68.3 Å². The highest BCUT2D eigenvalue weighted by atomic mass is 79.9. The van der Waals surface area contributed by atoms with Gasteiger partial charge in [-0.15, -0.1) is 0 Å². The second-order valence-corrected chi connectivity index (χ2v) is 12.8. The van der Waals surface area contributed by atoms with Crippen molar-refractivity contribution in [1.29, 1.82) is 0 Å². The molecule has 0 aliphatic rings. The molecule has 2 amide bonds. The molecule has 0 bridgehead atoms. The van der Waals surface area contributed by atoms with E-state index in [1.165, 1.54) is 24.1 Å². The molecule has 0 aliphatic carbocycles. The van der Waals surface area contributed by atoms with Crippen LogP contribution in [-0.4, -0.2) is 57.9 Å². The summed E-state index contributed by atoms with van der Waals surface area (Å²) in [7, 11) is -2.68. The molecule has 10 heteroatoms. The van der Waals surface area contributed by atoms with Crippen LogP contribution in [0.3, 0.4) is 0 Å². The standard InChI is InChI=1S/C32H40BrN3O5S/c1-5-7-20-34-32(38)29(6-2)35(21-19-25-11-9-8-10-12-25)31(37)23-36(26-15-13-24(3)14-16-26)42(39,40)27-17-18-30(41-4)28(33)22-27/h8-18,22,29H,5-7,19-21,23H2,1-4H3,(H,34,38)/t29-/m0/s1. The normalized spacial score (nSPS) is 11.9. The van der Waals surface area contributed by atoms with Gasteiger partial charge in [-0.2, -0.15) is 0 Å². The number of hydrogen-bond donors (Lipinski definition) is 1. The van der Waals surface area contributed by atoms with E-state index in [9.17, 15) is 18.0 Å². The van der Waals surface area contributed by atoms with Crippen molar-refractivity contribution in [2.75, 3.05) is 31.0 Å². The van der Waals surface area contributed by atoms with E-state index in [1.807, 2.05) is 51.1 Å². The average Bonchev–Trinajstić information content (AvgIpc) is 2.98. The van der Waals surface area contributed by atoms with E-state index in [2.05, 4.69) is 21.2 Å². The Balaban J connectivity index is 2.01. The van der Waals surface area contributed by atoms with Gasteiger partial charge in [0, 0.05) is 13.1 Å². The summed E-state index contributed by atoms with van der Waals surface area (Å²) in [6, 6.07) is 20.4. The lowest BCUT2D eigenvalue weighted by Gasteiger charge is -2.33. The number of carbonyl (C=O) groups excluding carboxylic acids is 2. The van der Waals surface area contributed by atoms with Crippen molar-refractivity contribution in [3.8, 4) is 5.75 Å². The van der Waals surface area contributed by atoms with Crippen molar-refractivity contribution in [2.24, 2.45) is 0 Å². The van der Waals surface area contributed by atoms with Gasteiger partial charge in [0.25, 0.3) is 10.0 Å². The maximum atomic E-state index is 14.1. The Morgan fingerprint density at radius 1 is 1.00 bits per heavy atom. The number of rotatable bonds is 15. The highest BCUT2D eigenvalue weighted by Crippen LogP contribution is 2.31. The number of carbonyl (C=O) groups is 2. The Labute approximate surface area is 258 Å². The van der Waals surface area contributed by atoms with Crippen LogP contribution < -0.4 is 14.4 Å². The number of hydrogen-bond acceptors (Lipinski definition) is 5. The Morgan fingerprint density at radius 2 is 1.69 bits per heavy atom. The summed E-state index contributed by atoms with van der Waals surface area (Å²) in [6.45, 7) is 6.11. The first-order chi connectivity index (χ1) is 20.1. The molecule has 3 rings (SSSR count). The number of anilines is 1. The fraction of sp³-hybridized carbons (Fsp3) is 0.375. The minimum Gasteiger partial charge on any atom is -0.496 e. The monoisotopic (exact) mass is 657 g/mol. The van der Waals surface area contributed by atoms with E-state index in [0.717, 1.165) is 28.3 Å².